The summed E-state index contributed by atoms with van der Waals surface area (Å²) in [7, 11) is 0. The van der Waals surface area contributed by atoms with E-state index in [2.05, 4.69) is 5.32 Å². The van der Waals surface area contributed by atoms with E-state index in [-0.39, 0.29) is 18.0 Å². The fourth-order valence-corrected chi connectivity index (χ4v) is 3.42. The molecule has 0 aliphatic carbocycles. The van der Waals surface area contributed by atoms with Gasteiger partial charge in [-0.25, -0.2) is 13.2 Å². The summed E-state index contributed by atoms with van der Waals surface area (Å²) in [6, 6.07) is 2.85. The summed E-state index contributed by atoms with van der Waals surface area (Å²) >= 11 is 1.48. The van der Waals surface area contributed by atoms with Crippen molar-refractivity contribution in [3.8, 4) is 0 Å². The Labute approximate surface area is 137 Å². The van der Waals surface area contributed by atoms with Crippen molar-refractivity contribution in [2.45, 2.75) is 6.04 Å². The summed E-state index contributed by atoms with van der Waals surface area (Å²) in [4.78, 5) is 2.03. The second kappa shape index (κ2) is 7.46. The fourth-order valence-electron chi connectivity index (χ4n) is 2.75. The van der Waals surface area contributed by atoms with Crippen LogP contribution in [0.15, 0.2) is 29.0 Å². The van der Waals surface area contributed by atoms with Gasteiger partial charge in [0.2, 0.25) is 0 Å². The van der Waals surface area contributed by atoms with Crippen molar-refractivity contribution in [3.05, 3.63) is 57.5 Å². The highest BCUT2D eigenvalue weighted by Crippen LogP contribution is 2.34. The van der Waals surface area contributed by atoms with Crippen molar-refractivity contribution >= 4 is 23.7 Å². The monoisotopic (exact) mass is 348 g/mol. The summed E-state index contributed by atoms with van der Waals surface area (Å²) in [6.45, 7) is 2.92. The van der Waals surface area contributed by atoms with Crippen LogP contribution in [0, 0.1) is 17.5 Å². The van der Waals surface area contributed by atoms with E-state index in [1.54, 1.807) is 0 Å². The first-order chi connectivity index (χ1) is 10.2. The highest BCUT2D eigenvalue weighted by atomic mass is 35.5. The molecule has 0 amide bonds. The molecule has 2 aromatic rings. The summed E-state index contributed by atoms with van der Waals surface area (Å²) in [5, 5.41) is 6.98. The third kappa shape index (κ3) is 3.46. The molecule has 7 heteroatoms. The molecule has 3 rings (SSSR count). The summed E-state index contributed by atoms with van der Waals surface area (Å²) in [6.07, 6.45) is 0. The molecular formula is C15H16ClF3N2S. The van der Waals surface area contributed by atoms with Crippen LogP contribution in [-0.2, 0) is 0 Å². The first-order valence-corrected chi connectivity index (χ1v) is 7.72. The molecule has 0 spiro atoms. The maximum atomic E-state index is 14.2. The predicted molar refractivity (Wildman–Crippen MR) is 84.2 cm³/mol. The minimum absolute atomic E-state index is 0. The molecule has 1 fully saturated rings. The third-order valence-corrected chi connectivity index (χ3v) is 4.39. The van der Waals surface area contributed by atoms with E-state index in [1.165, 1.54) is 11.3 Å². The number of hydrogen-bond donors (Lipinski definition) is 1. The van der Waals surface area contributed by atoms with Crippen molar-refractivity contribution in [1.82, 2.24) is 10.2 Å². The molecule has 2 heterocycles. The fraction of sp³-hybridized carbons (Fsp3) is 0.333. The summed E-state index contributed by atoms with van der Waals surface area (Å²) < 4.78 is 41.5. The van der Waals surface area contributed by atoms with Gasteiger partial charge in [-0.15, -0.1) is 12.4 Å². The largest absolute Gasteiger partial charge is 0.314 e. The maximum absolute atomic E-state index is 14.2. The number of thiophene rings is 1. The molecule has 1 aliphatic heterocycles. The summed E-state index contributed by atoms with van der Waals surface area (Å²) in [5.74, 6) is -2.55. The van der Waals surface area contributed by atoms with Gasteiger partial charge in [-0.2, -0.15) is 11.3 Å². The van der Waals surface area contributed by atoms with Gasteiger partial charge in [0, 0.05) is 43.9 Å². The number of piperazine rings is 1. The van der Waals surface area contributed by atoms with Gasteiger partial charge < -0.3 is 5.32 Å². The van der Waals surface area contributed by atoms with E-state index in [1.807, 2.05) is 21.7 Å². The van der Waals surface area contributed by atoms with Gasteiger partial charge in [0.15, 0.2) is 0 Å². The van der Waals surface area contributed by atoms with Crippen LogP contribution < -0.4 is 5.32 Å². The molecule has 1 saturated heterocycles. The lowest BCUT2D eigenvalue weighted by Gasteiger charge is -2.35. The Kier molecular flexibility index (Phi) is 5.86. The second-order valence-electron chi connectivity index (χ2n) is 5.03. The zero-order valence-corrected chi connectivity index (χ0v) is 13.3. The highest BCUT2D eigenvalue weighted by molar-refractivity contribution is 7.08. The van der Waals surface area contributed by atoms with Crippen LogP contribution in [0.4, 0.5) is 13.2 Å². The average Bonchev–Trinajstić information content (AvgIpc) is 2.97. The van der Waals surface area contributed by atoms with Crippen molar-refractivity contribution < 1.29 is 13.2 Å². The Bertz CT molecular complexity index is 592. The molecular weight excluding hydrogens is 333 g/mol. The number of hydrogen-bond acceptors (Lipinski definition) is 3. The number of nitrogens with zero attached hydrogens (tertiary/aromatic N) is 1. The number of nitrogens with one attached hydrogen (secondary N) is 1. The third-order valence-electron chi connectivity index (χ3n) is 3.69. The van der Waals surface area contributed by atoms with E-state index in [4.69, 9.17) is 0 Å². The lowest BCUT2D eigenvalue weighted by Crippen LogP contribution is -2.45. The topological polar surface area (TPSA) is 15.3 Å². The second-order valence-corrected chi connectivity index (χ2v) is 5.81. The average molecular weight is 349 g/mol. The molecule has 120 valence electrons. The van der Waals surface area contributed by atoms with Gasteiger partial charge >= 0.3 is 0 Å². The van der Waals surface area contributed by atoms with Gasteiger partial charge in [0.1, 0.15) is 17.5 Å². The van der Waals surface area contributed by atoms with Crippen LogP contribution in [0.3, 0.4) is 0 Å². The molecule has 0 unspecified atom stereocenters. The van der Waals surface area contributed by atoms with E-state index >= 15 is 0 Å². The molecule has 1 aliphatic rings. The zero-order chi connectivity index (χ0) is 14.8. The minimum atomic E-state index is -0.891. The molecule has 0 radical (unpaired) electrons. The summed E-state index contributed by atoms with van der Waals surface area (Å²) in [5.41, 5.74) is 0.767. The molecule has 2 nitrogen and oxygen atoms in total. The van der Waals surface area contributed by atoms with Crippen LogP contribution in [0.2, 0.25) is 0 Å². The van der Waals surface area contributed by atoms with Crippen molar-refractivity contribution in [1.29, 1.82) is 0 Å². The van der Waals surface area contributed by atoms with Crippen LogP contribution in [0.5, 0.6) is 0 Å². The Balaban J connectivity index is 0.00000176. The quantitative estimate of drug-likeness (QED) is 0.912. The van der Waals surface area contributed by atoms with Gasteiger partial charge in [-0.1, -0.05) is 0 Å². The molecule has 1 N–H and O–H groups in total. The van der Waals surface area contributed by atoms with E-state index in [9.17, 15) is 13.2 Å². The number of benzene rings is 1. The first kappa shape index (κ1) is 17.3. The van der Waals surface area contributed by atoms with Gasteiger partial charge in [-0.05, 0) is 22.4 Å². The zero-order valence-electron chi connectivity index (χ0n) is 11.7. The van der Waals surface area contributed by atoms with Crippen LogP contribution >= 0.6 is 23.7 Å². The SMILES string of the molecule is Cl.Fc1cc(F)c([C@H](c2ccsc2)N2CCNCC2)c(F)c1. The molecule has 0 saturated carbocycles. The molecule has 0 bridgehead atoms. The molecule has 22 heavy (non-hydrogen) atoms. The van der Waals surface area contributed by atoms with Gasteiger partial charge in [-0.3, -0.25) is 4.90 Å². The van der Waals surface area contributed by atoms with Crippen LogP contribution in [-0.4, -0.2) is 31.1 Å². The normalized spacial score (nSPS) is 17.0. The van der Waals surface area contributed by atoms with Crippen LogP contribution in [0.1, 0.15) is 17.2 Å². The predicted octanol–water partition coefficient (Wildman–Crippen LogP) is 3.58. The van der Waals surface area contributed by atoms with E-state index in [0.29, 0.717) is 13.1 Å². The minimum Gasteiger partial charge on any atom is -0.314 e. The first-order valence-electron chi connectivity index (χ1n) is 6.78. The highest BCUT2D eigenvalue weighted by Gasteiger charge is 2.29. The van der Waals surface area contributed by atoms with Gasteiger partial charge in [0.05, 0.1) is 6.04 Å². The molecule has 1 atom stereocenters. The van der Waals surface area contributed by atoms with E-state index in [0.717, 1.165) is 30.8 Å². The lowest BCUT2D eigenvalue weighted by atomic mass is 9.97. The van der Waals surface area contributed by atoms with Crippen molar-refractivity contribution in [2.75, 3.05) is 26.2 Å². The number of halogens is 4. The molecule has 1 aromatic heterocycles. The lowest BCUT2D eigenvalue weighted by molar-refractivity contribution is 0.192. The standard InChI is InChI=1S/C15H15F3N2S.ClH/c16-11-7-12(17)14(13(18)8-11)15(10-1-6-21-9-10)20-4-2-19-3-5-20;/h1,6-9,15,19H,2-5H2;1H/t15-;/m0./s1. The maximum Gasteiger partial charge on any atom is 0.134 e. The Hall–Kier alpha value is -1.08. The van der Waals surface area contributed by atoms with Gasteiger partial charge in [0.25, 0.3) is 0 Å². The number of rotatable bonds is 3. The van der Waals surface area contributed by atoms with Crippen LogP contribution in [0.25, 0.3) is 0 Å². The Morgan fingerprint density at radius 3 is 2.27 bits per heavy atom. The van der Waals surface area contributed by atoms with Crippen molar-refractivity contribution in [3.63, 3.8) is 0 Å². The molecule has 1 aromatic carbocycles. The van der Waals surface area contributed by atoms with Crippen molar-refractivity contribution in [2.24, 2.45) is 0 Å². The smallest absolute Gasteiger partial charge is 0.134 e. The Morgan fingerprint density at radius 2 is 1.73 bits per heavy atom. The Morgan fingerprint density at radius 1 is 1.09 bits per heavy atom. The van der Waals surface area contributed by atoms with E-state index < -0.39 is 23.5 Å².